The number of carboxylic acid groups (broad SMARTS) is 3. The maximum absolute atomic E-state index is 12.3. The van der Waals surface area contributed by atoms with Crippen molar-refractivity contribution in [2.75, 3.05) is 78.9 Å². The van der Waals surface area contributed by atoms with Gasteiger partial charge in [0.1, 0.15) is 47.6 Å². The lowest BCUT2D eigenvalue weighted by molar-refractivity contribution is -0.255. The maximum Gasteiger partial charge on any atom is 0.348 e. The van der Waals surface area contributed by atoms with Crippen LogP contribution in [-0.4, -0.2) is 124 Å². The molecule has 9 aromatic rings. The molecule has 99 heavy (non-hydrogen) atoms. The number of hydrogen-bond acceptors (Lipinski definition) is 16. The largest absolute Gasteiger partial charge is 0.545 e. The second-order valence-corrected chi connectivity index (χ2v) is 25.1. The van der Waals surface area contributed by atoms with Crippen LogP contribution in [0.1, 0.15) is 115 Å². The molecule has 0 aliphatic carbocycles. The van der Waals surface area contributed by atoms with E-state index in [1.807, 2.05) is 60.8 Å². The Morgan fingerprint density at radius 3 is 1.71 bits per heavy atom. The number of cyclic esters (lactones) is 2. The summed E-state index contributed by atoms with van der Waals surface area (Å²) in [6.07, 6.45) is 6.45. The van der Waals surface area contributed by atoms with E-state index in [1.165, 1.54) is 17.4 Å². The molecule has 0 fully saturated rings. The number of aromatic hydroxyl groups is 4. The number of nitrogens with one attached hydrogen (secondary N) is 2. The topological polar surface area (TPSA) is 289 Å². The fraction of sp³-hybridized carbons (Fsp3) is 0.253. The Morgan fingerprint density at radius 2 is 1.13 bits per heavy atom. The predicted molar refractivity (Wildman–Crippen MR) is 383 cm³/mol. The smallest absolute Gasteiger partial charge is 0.348 e. The highest BCUT2D eigenvalue weighted by Crippen LogP contribution is 2.48. The van der Waals surface area contributed by atoms with E-state index >= 15 is 0 Å². The van der Waals surface area contributed by atoms with Gasteiger partial charge in [-0.05, 0) is 144 Å². The third-order valence-electron chi connectivity index (χ3n) is 17.9. The molecule has 0 bridgehead atoms. The molecule has 20 nitrogen and oxygen atoms in total. The summed E-state index contributed by atoms with van der Waals surface area (Å²) in [7, 11) is 0. The summed E-state index contributed by atoms with van der Waals surface area (Å²) in [5, 5.41) is 72.0. The number of phenolic OH excluding ortho intramolecular Hbond substituents is 4. The second-order valence-electron chi connectivity index (χ2n) is 23.5. The number of phenols is 4. The molecule has 8 aromatic carbocycles. The maximum atomic E-state index is 12.3. The third kappa shape index (κ3) is 14.9. The van der Waals surface area contributed by atoms with E-state index in [0.29, 0.717) is 33.6 Å². The summed E-state index contributed by atoms with van der Waals surface area (Å²) in [5.41, 5.74) is 12.2. The number of aromatic nitrogens is 1. The summed E-state index contributed by atoms with van der Waals surface area (Å²) in [6.45, 7) is 18.4. The summed E-state index contributed by atoms with van der Waals surface area (Å²) in [5.74, 6) is -2.24. The lowest BCUT2D eigenvalue weighted by Gasteiger charge is -2.27. The first-order chi connectivity index (χ1) is 47.5. The van der Waals surface area contributed by atoms with Crippen LogP contribution in [0, 0.1) is 0 Å². The second kappa shape index (κ2) is 31.2. The lowest BCUT2D eigenvalue weighted by atomic mass is 9.87. The van der Waals surface area contributed by atoms with Crippen LogP contribution in [0.25, 0.3) is 16.5 Å². The predicted octanol–water partition coefficient (Wildman–Crippen LogP) is 12.0. The molecule has 24 heteroatoms. The Bertz CT molecular complexity index is 4740. The fourth-order valence-corrected chi connectivity index (χ4v) is 14.3. The van der Waals surface area contributed by atoms with Gasteiger partial charge in [0.2, 0.25) is 5.36 Å². The Labute approximate surface area is 590 Å². The van der Waals surface area contributed by atoms with Crippen molar-refractivity contribution in [3.63, 3.8) is 0 Å². The number of fused-ring (bicyclic) bond motifs is 11. The van der Waals surface area contributed by atoms with Crippen LogP contribution < -0.4 is 45.0 Å². The number of H-pyrrole nitrogens is 1. The molecular formula is C75H72Cl4N6O14. The summed E-state index contributed by atoms with van der Waals surface area (Å²) in [6, 6.07) is 36.7. The van der Waals surface area contributed by atoms with Gasteiger partial charge in [-0.2, -0.15) is 0 Å². The van der Waals surface area contributed by atoms with Crippen molar-refractivity contribution >= 4 is 115 Å². The SMILES string of the molecule is CC(=O)O.CCN1CCc2c(O)cccc21.CCN1CCc2c(O)cccc21.CCN1CCc2c1ccc1c2Oc2c3c(ccc2=C1c1c(Cl)ccc(Cl)c1C(=O)[O-])=[N+](CC)CC3.O=C(O)c1cc(Cl)c2c(c1Cl)C(=O)OC2=O.Oc1cccc2[nH]ccc12.Oc1cccc2c1CCN2. The van der Waals surface area contributed by atoms with Crippen LogP contribution in [0.5, 0.6) is 34.5 Å². The molecule has 7 aliphatic heterocycles. The van der Waals surface area contributed by atoms with Crippen LogP contribution >= 0.6 is 46.4 Å². The van der Waals surface area contributed by atoms with Crippen molar-refractivity contribution in [1.82, 2.24) is 9.56 Å². The van der Waals surface area contributed by atoms with Crippen molar-refractivity contribution in [2.24, 2.45) is 0 Å². The number of halogens is 4. The first kappa shape index (κ1) is 71.6. The molecule has 514 valence electrons. The number of benzene rings is 8. The number of carbonyl (C=O) groups excluding carboxylic acids is 3. The molecule has 16 rings (SSSR count). The number of aliphatic carboxylic acids is 1. The van der Waals surface area contributed by atoms with Crippen LogP contribution in [0.4, 0.5) is 22.7 Å². The van der Waals surface area contributed by atoms with Gasteiger partial charge in [0, 0.05) is 160 Å². The fourth-order valence-electron chi connectivity index (χ4n) is 13.2. The molecular weight excluding hydrogens is 1350 g/mol. The quantitative estimate of drug-likeness (QED) is 0.0418. The van der Waals surface area contributed by atoms with Crippen molar-refractivity contribution in [2.45, 2.75) is 66.7 Å². The zero-order valence-electron chi connectivity index (χ0n) is 54.8. The first-order valence-corrected chi connectivity index (χ1v) is 33.7. The normalized spacial score (nSPS) is 14.1. The molecule has 8 N–H and O–H groups in total. The average Bonchev–Trinajstić information content (AvgIpc) is 1.70. The van der Waals surface area contributed by atoms with Gasteiger partial charge in [-0.15, -0.1) is 0 Å². The highest BCUT2D eigenvalue weighted by Gasteiger charge is 2.38. The van der Waals surface area contributed by atoms with E-state index < -0.39 is 29.8 Å². The van der Waals surface area contributed by atoms with Gasteiger partial charge in [0.25, 0.3) is 5.97 Å². The number of esters is 2. The number of rotatable bonds is 7. The van der Waals surface area contributed by atoms with E-state index in [0.717, 1.165) is 187 Å². The number of nitrogens with zero attached hydrogens (tertiary/aromatic N) is 4. The molecule has 8 heterocycles. The van der Waals surface area contributed by atoms with Gasteiger partial charge in [-0.3, -0.25) is 4.79 Å². The van der Waals surface area contributed by atoms with E-state index in [1.54, 1.807) is 30.3 Å². The van der Waals surface area contributed by atoms with E-state index in [9.17, 15) is 44.7 Å². The monoisotopic (exact) mass is 1420 g/mol. The number of aromatic carboxylic acids is 2. The lowest BCUT2D eigenvalue weighted by Crippen LogP contribution is -2.30. The van der Waals surface area contributed by atoms with Gasteiger partial charge in [0.15, 0.2) is 0 Å². The van der Waals surface area contributed by atoms with Crippen LogP contribution in [-0.2, 0) is 41.6 Å². The average molecular weight is 1420 g/mol. The number of carboxylic acids is 3. The van der Waals surface area contributed by atoms with Gasteiger partial charge in [0.05, 0.1) is 43.3 Å². The number of likely N-dealkylation sites (N-methyl/N-ethyl adjacent to an activating group) is 4. The van der Waals surface area contributed by atoms with Crippen LogP contribution in [0.2, 0.25) is 20.1 Å². The number of hydrogen-bond donors (Lipinski definition) is 8. The van der Waals surface area contributed by atoms with Gasteiger partial charge in [-0.1, -0.05) is 70.7 Å². The van der Waals surface area contributed by atoms with Crippen molar-refractivity contribution in [3.05, 3.63) is 219 Å². The first-order valence-electron chi connectivity index (χ1n) is 32.2. The van der Waals surface area contributed by atoms with Gasteiger partial charge < -0.3 is 75.0 Å². The van der Waals surface area contributed by atoms with Crippen molar-refractivity contribution in [3.8, 4) is 34.5 Å². The molecule has 0 amide bonds. The minimum Gasteiger partial charge on any atom is -0.545 e. The summed E-state index contributed by atoms with van der Waals surface area (Å²) in [4.78, 5) is 64.4. The molecule has 7 aliphatic rings. The zero-order valence-corrected chi connectivity index (χ0v) is 57.8. The third-order valence-corrected chi connectivity index (χ3v) is 19.2. The molecule has 0 spiro atoms. The molecule has 0 atom stereocenters. The highest BCUT2D eigenvalue weighted by atomic mass is 35.5. The standard InChI is InChI=1S/C28H24Cl2N2O3.2C10H13NO.C9H2Cl2O5.C8H9NO.C8H7NO.C2H4O2/c1-3-31-13-11-15-21(31)9-5-17-23(24-19(29)7-8-20(30)25(24)28(33)34)18-6-10-22-16(12-14-32(22)4-2)27(18)35-26(15)17;2*1-2-11-7-6-8-9(11)4-3-5-10(8)12;10-3-1-2(7(12)13)6(11)5-4(3)8(14)16-9(5)15;2*10-8-3-1-2-7-6(8)4-5-9-7;1-2(3)4/h5-10H,3-4,11-14H2,1-2H3;2*3-5,12H,2,6-7H2,1H3;1H,(H,12,13);1-3,9-10H,4-5H2;1-5,9-10H;1H3,(H,3,4). The Balaban J connectivity index is 0.000000138. The van der Waals surface area contributed by atoms with Crippen molar-refractivity contribution < 1.29 is 69.2 Å². The highest BCUT2D eigenvalue weighted by molar-refractivity contribution is 6.42. The Morgan fingerprint density at radius 1 is 0.576 bits per heavy atom. The molecule has 0 saturated carbocycles. The van der Waals surface area contributed by atoms with Crippen molar-refractivity contribution in [1.29, 1.82) is 0 Å². The molecule has 0 saturated heterocycles. The number of anilines is 4. The minimum atomic E-state index is -1.36. The number of aromatic amines is 1. The van der Waals surface area contributed by atoms with E-state index in [-0.39, 0.29) is 37.3 Å². The zero-order chi connectivity index (χ0) is 71.1. The number of ether oxygens (including phenoxy) is 2. The minimum absolute atomic E-state index is 0.0978. The summed E-state index contributed by atoms with van der Waals surface area (Å²) < 4.78 is 13.4. The molecule has 0 unspecified atom stereocenters. The van der Waals surface area contributed by atoms with Gasteiger partial charge in [-0.25, -0.2) is 19.0 Å². The van der Waals surface area contributed by atoms with Crippen LogP contribution in [0.3, 0.4) is 0 Å². The van der Waals surface area contributed by atoms with Crippen LogP contribution in [0.15, 0.2) is 128 Å². The van der Waals surface area contributed by atoms with E-state index in [4.69, 9.17) is 66.1 Å². The molecule has 0 radical (unpaired) electrons. The molecule has 1 aromatic heterocycles. The Kier molecular flexibility index (Phi) is 22.6. The number of carbonyl (C=O) groups is 5. The van der Waals surface area contributed by atoms with E-state index in [2.05, 4.69) is 86.3 Å². The summed E-state index contributed by atoms with van der Waals surface area (Å²) >= 11 is 24.5. The van der Waals surface area contributed by atoms with Gasteiger partial charge >= 0.3 is 17.9 Å². The Hall–Kier alpha value is -10.1.